The van der Waals surface area contributed by atoms with Crippen molar-refractivity contribution in [1.29, 1.82) is 0 Å². The van der Waals surface area contributed by atoms with E-state index in [1.165, 1.54) is 24.7 Å². The molecule has 0 bridgehead atoms. The monoisotopic (exact) mass is 334 g/mol. The van der Waals surface area contributed by atoms with E-state index in [0.29, 0.717) is 12.3 Å². The maximum Gasteiger partial charge on any atom is 0.309 e. The molecule has 1 heterocycles. The third-order valence-corrected chi connectivity index (χ3v) is 4.09. The van der Waals surface area contributed by atoms with E-state index in [0.717, 1.165) is 19.3 Å². The van der Waals surface area contributed by atoms with E-state index in [9.17, 15) is 14.7 Å². The fourth-order valence-electron chi connectivity index (χ4n) is 2.75. The Morgan fingerprint density at radius 3 is 2.75 bits per heavy atom. The van der Waals surface area contributed by atoms with Crippen molar-refractivity contribution in [3.63, 3.8) is 0 Å². The van der Waals surface area contributed by atoms with Crippen LogP contribution in [0.2, 0.25) is 0 Å². The molecule has 1 aromatic rings. The molecule has 0 saturated carbocycles. The molecular weight excluding hydrogens is 308 g/mol. The summed E-state index contributed by atoms with van der Waals surface area (Å²) in [5.74, 6) is -0.771. The van der Waals surface area contributed by atoms with Gasteiger partial charge in [-0.1, -0.05) is 11.6 Å². The fourth-order valence-corrected chi connectivity index (χ4v) is 2.75. The molecule has 1 aliphatic carbocycles. The Bertz CT molecular complexity index is 576. The van der Waals surface area contributed by atoms with Gasteiger partial charge in [0.2, 0.25) is 0 Å². The van der Waals surface area contributed by atoms with Gasteiger partial charge in [0.25, 0.3) is 0 Å². The van der Waals surface area contributed by atoms with Crippen LogP contribution in [0.15, 0.2) is 34.5 Å². The first-order valence-electron chi connectivity index (χ1n) is 8.45. The van der Waals surface area contributed by atoms with Crippen molar-refractivity contribution < 1.29 is 19.1 Å². The van der Waals surface area contributed by atoms with Gasteiger partial charge in [-0.2, -0.15) is 0 Å². The van der Waals surface area contributed by atoms with Crippen LogP contribution in [0.1, 0.15) is 44.8 Å². The number of hydrogen-bond donors (Lipinski definition) is 3. The number of furan rings is 1. The smallest absolute Gasteiger partial charge is 0.309 e. The molecular formula is C18H26N2O4. The lowest BCUT2D eigenvalue weighted by atomic mass is 9.97. The molecule has 1 atom stereocenters. The average molecular weight is 334 g/mol. The molecule has 2 amide bonds. The maximum absolute atomic E-state index is 11.8. The molecule has 0 fully saturated rings. The summed E-state index contributed by atoms with van der Waals surface area (Å²) in [4.78, 5) is 23.6. The molecule has 0 saturated heterocycles. The Morgan fingerprint density at radius 1 is 1.29 bits per heavy atom. The Balaban J connectivity index is 1.67. The Morgan fingerprint density at radius 2 is 2.08 bits per heavy atom. The summed E-state index contributed by atoms with van der Waals surface area (Å²) < 4.78 is 5.18. The first kappa shape index (κ1) is 18.3. The topological polar surface area (TPSA) is 91.6 Å². The van der Waals surface area contributed by atoms with Gasteiger partial charge in [-0.25, -0.2) is 0 Å². The molecule has 0 aliphatic heterocycles. The minimum Gasteiger partial charge on any atom is -0.469 e. The zero-order chi connectivity index (χ0) is 17.4. The highest BCUT2D eigenvalue weighted by Crippen LogP contribution is 2.19. The molecule has 132 valence electrons. The first-order chi connectivity index (χ1) is 11.5. The largest absolute Gasteiger partial charge is 0.469 e. The van der Waals surface area contributed by atoms with Gasteiger partial charge in [-0.3, -0.25) is 9.59 Å². The predicted octanol–water partition coefficient (Wildman–Crippen LogP) is 1.70. The van der Waals surface area contributed by atoms with E-state index >= 15 is 0 Å². The van der Waals surface area contributed by atoms with Crippen LogP contribution in [0.4, 0.5) is 0 Å². The van der Waals surface area contributed by atoms with Crippen molar-refractivity contribution in [2.24, 2.45) is 0 Å². The summed E-state index contributed by atoms with van der Waals surface area (Å²) >= 11 is 0. The highest BCUT2D eigenvalue weighted by atomic mass is 16.3. The van der Waals surface area contributed by atoms with E-state index in [4.69, 9.17) is 4.42 Å². The zero-order valence-electron chi connectivity index (χ0n) is 14.1. The van der Waals surface area contributed by atoms with E-state index in [2.05, 4.69) is 16.7 Å². The van der Waals surface area contributed by atoms with Crippen LogP contribution in [-0.4, -0.2) is 35.6 Å². The number of nitrogens with one attached hydrogen (secondary N) is 2. The van der Waals surface area contributed by atoms with Crippen molar-refractivity contribution in [3.05, 3.63) is 35.8 Å². The third-order valence-electron chi connectivity index (χ3n) is 4.09. The van der Waals surface area contributed by atoms with Crippen LogP contribution < -0.4 is 10.6 Å². The summed E-state index contributed by atoms with van der Waals surface area (Å²) in [6.07, 6.45) is 9.42. The molecule has 0 spiro atoms. The molecule has 3 N–H and O–H groups in total. The van der Waals surface area contributed by atoms with Gasteiger partial charge in [-0.05, 0) is 51.2 Å². The van der Waals surface area contributed by atoms with Gasteiger partial charge >= 0.3 is 11.8 Å². The standard InChI is InChI=1S/C18H26N2O4/c1-18(23,12-15-8-5-11-24-15)13-20-17(22)16(21)19-10-9-14-6-3-2-4-7-14/h5-6,8,11,23H,2-4,7,9-10,12-13H2,1H3,(H,19,21)(H,20,22)/t18-/m1/s1. The van der Waals surface area contributed by atoms with Gasteiger partial charge in [0.15, 0.2) is 0 Å². The molecule has 0 aromatic carbocycles. The predicted molar refractivity (Wildman–Crippen MR) is 90.2 cm³/mol. The van der Waals surface area contributed by atoms with Crippen LogP contribution in [0.3, 0.4) is 0 Å². The molecule has 2 rings (SSSR count). The van der Waals surface area contributed by atoms with Gasteiger partial charge in [0.05, 0.1) is 11.9 Å². The van der Waals surface area contributed by atoms with E-state index in [1.807, 2.05) is 0 Å². The SMILES string of the molecule is C[C@](O)(CNC(=O)C(=O)NCCC1=CCCCC1)Cc1ccco1. The highest BCUT2D eigenvalue weighted by Gasteiger charge is 2.24. The second-order valence-corrected chi connectivity index (χ2v) is 6.55. The fraction of sp³-hybridized carbons (Fsp3) is 0.556. The number of rotatable bonds is 7. The Kier molecular flexibility index (Phi) is 6.61. The van der Waals surface area contributed by atoms with Gasteiger partial charge in [0.1, 0.15) is 5.76 Å². The molecule has 1 aliphatic rings. The van der Waals surface area contributed by atoms with Crippen LogP contribution in [-0.2, 0) is 16.0 Å². The average Bonchev–Trinajstić information content (AvgIpc) is 3.05. The summed E-state index contributed by atoms with van der Waals surface area (Å²) in [5.41, 5.74) is 0.170. The summed E-state index contributed by atoms with van der Waals surface area (Å²) in [5, 5.41) is 15.3. The second kappa shape index (κ2) is 8.68. The quantitative estimate of drug-likeness (QED) is 0.523. The second-order valence-electron chi connectivity index (χ2n) is 6.55. The number of aliphatic hydroxyl groups is 1. The van der Waals surface area contributed by atoms with E-state index in [-0.39, 0.29) is 13.0 Å². The maximum atomic E-state index is 11.8. The van der Waals surface area contributed by atoms with Crippen LogP contribution >= 0.6 is 0 Å². The zero-order valence-corrected chi connectivity index (χ0v) is 14.1. The van der Waals surface area contributed by atoms with Crippen LogP contribution in [0.5, 0.6) is 0 Å². The van der Waals surface area contributed by atoms with Crippen LogP contribution in [0, 0.1) is 0 Å². The van der Waals surface area contributed by atoms with Gasteiger partial charge in [-0.15, -0.1) is 0 Å². The molecule has 6 heteroatoms. The Labute approximate surface area is 142 Å². The lowest BCUT2D eigenvalue weighted by Crippen LogP contribution is -2.47. The van der Waals surface area contributed by atoms with Crippen molar-refractivity contribution in [2.75, 3.05) is 13.1 Å². The minimum atomic E-state index is -1.18. The first-order valence-corrected chi connectivity index (χ1v) is 8.45. The van der Waals surface area contributed by atoms with E-state index in [1.54, 1.807) is 19.1 Å². The summed E-state index contributed by atoms with van der Waals surface area (Å²) in [6, 6.07) is 3.49. The van der Waals surface area contributed by atoms with Gasteiger partial charge in [0, 0.05) is 19.5 Å². The molecule has 1 aromatic heterocycles. The molecule has 0 radical (unpaired) electrons. The number of carbonyl (C=O) groups is 2. The van der Waals surface area contributed by atoms with Crippen molar-refractivity contribution in [1.82, 2.24) is 10.6 Å². The van der Waals surface area contributed by atoms with Crippen LogP contribution in [0.25, 0.3) is 0 Å². The van der Waals surface area contributed by atoms with E-state index < -0.39 is 17.4 Å². The summed E-state index contributed by atoms with van der Waals surface area (Å²) in [7, 11) is 0. The normalized spacial score (nSPS) is 16.8. The lowest BCUT2D eigenvalue weighted by Gasteiger charge is -2.22. The number of allylic oxidation sites excluding steroid dienone is 1. The van der Waals surface area contributed by atoms with Crippen molar-refractivity contribution >= 4 is 11.8 Å². The third kappa shape index (κ3) is 6.20. The number of amides is 2. The number of hydrogen-bond acceptors (Lipinski definition) is 4. The molecule has 6 nitrogen and oxygen atoms in total. The summed E-state index contributed by atoms with van der Waals surface area (Å²) in [6.45, 7) is 2.02. The lowest BCUT2D eigenvalue weighted by molar-refractivity contribution is -0.139. The van der Waals surface area contributed by atoms with Crippen molar-refractivity contribution in [3.8, 4) is 0 Å². The molecule has 0 unspecified atom stereocenters. The minimum absolute atomic E-state index is 0.0227. The Hall–Kier alpha value is -2.08. The molecule has 24 heavy (non-hydrogen) atoms. The highest BCUT2D eigenvalue weighted by molar-refractivity contribution is 6.35. The van der Waals surface area contributed by atoms with Gasteiger partial charge < -0.3 is 20.2 Å². The number of carbonyl (C=O) groups excluding carboxylic acids is 2. The van der Waals surface area contributed by atoms with Crippen molar-refractivity contribution in [2.45, 2.75) is 51.0 Å².